The van der Waals surface area contributed by atoms with E-state index in [2.05, 4.69) is 29.1 Å². The number of aliphatic hydroxyl groups excluding tert-OH is 1. The van der Waals surface area contributed by atoms with Crippen molar-refractivity contribution in [3.8, 4) is 0 Å². The molecule has 0 aromatic carbocycles. The van der Waals surface area contributed by atoms with Crippen LogP contribution in [-0.4, -0.2) is 73.2 Å². The number of hydrogen-bond acceptors (Lipinski definition) is 6. The molecule has 6 rings (SSSR count). The van der Waals surface area contributed by atoms with Crippen molar-refractivity contribution in [2.75, 3.05) is 26.5 Å². The summed E-state index contributed by atoms with van der Waals surface area (Å²) in [5.41, 5.74) is 3.66. The average molecular weight is 573 g/mol. The maximum absolute atomic E-state index is 15.3. The van der Waals surface area contributed by atoms with E-state index in [0.717, 1.165) is 32.3 Å². The highest BCUT2D eigenvalue weighted by molar-refractivity contribution is 6.29. The van der Waals surface area contributed by atoms with Crippen LogP contribution >= 0.6 is 11.6 Å². The van der Waals surface area contributed by atoms with Gasteiger partial charge in [-0.25, -0.2) is 9.38 Å². The van der Waals surface area contributed by atoms with E-state index in [-0.39, 0.29) is 22.9 Å². The summed E-state index contributed by atoms with van der Waals surface area (Å²) in [5, 5.41) is 17.6. The molecule has 0 radical (unpaired) electrons. The molecule has 2 saturated carbocycles. The fraction of sp³-hybridized carbons (Fsp3) is 0.759. The van der Waals surface area contributed by atoms with E-state index in [1.165, 1.54) is 12.3 Å². The zero-order chi connectivity index (χ0) is 28.4. The van der Waals surface area contributed by atoms with Gasteiger partial charge in [-0.15, -0.1) is 0 Å². The Morgan fingerprint density at radius 1 is 1.26 bits per heavy atom. The van der Waals surface area contributed by atoms with Gasteiger partial charge in [0.15, 0.2) is 0 Å². The van der Waals surface area contributed by atoms with E-state index in [1.807, 2.05) is 19.1 Å². The van der Waals surface area contributed by atoms with E-state index < -0.39 is 41.9 Å². The summed E-state index contributed by atoms with van der Waals surface area (Å²) in [6.07, 6.45) is 10.9. The number of aliphatic hydroxyl groups is 1. The number of nitrogens with one attached hydrogen (secondary N) is 2. The molecule has 0 aromatic heterocycles. The average Bonchev–Trinajstić information content (AvgIpc) is 3.15. The van der Waals surface area contributed by atoms with Crippen molar-refractivity contribution in [1.29, 1.82) is 0 Å². The summed E-state index contributed by atoms with van der Waals surface area (Å²) in [6.45, 7) is 7.21. The summed E-state index contributed by atoms with van der Waals surface area (Å²) in [4.78, 5) is 3.81. The number of nitrogens with two attached hydrogens (primary N) is 1. The number of fused-ring (bicyclic) bond motifs is 1. The maximum Gasteiger partial charge on any atom is 0.121 e. The van der Waals surface area contributed by atoms with Gasteiger partial charge < -0.3 is 26.2 Å². The first kappa shape index (κ1) is 30.7. The first-order valence-electron chi connectivity index (χ1n) is 14.1. The van der Waals surface area contributed by atoms with Gasteiger partial charge in [-0.3, -0.25) is 8.78 Å². The number of hydrogen-bond donors (Lipinski definition) is 4. The van der Waals surface area contributed by atoms with E-state index >= 15 is 4.39 Å². The highest BCUT2D eigenvalue weighted by Gasteiger charge is 2.65. The quantitative estimate of drug-likeness (QED) is 0.195. The van der Waals surface area contributed by atoms with Gasteiger partial charge in [0.2, 0.25) is 0 Å². The van der Waals surface area contributed by atoms with Crippen molar-refractivity contribution >= 4 is 17.8 Å². The Morgan fingerprint density at radius 2 is 1.95 bits per heavy atom. The maximum atomic E-state index is 15.3. The predicted octanol–water partition coefficient (Wildman–Crippen LogP) is 4.48. The molecule has 4 aliphatic carbocycles. The van der Waals surface area contributed by atoms with Gasteiger partial charge in [-0.2, -0.15) is 0 Å². The molecule has 39 heavy (non-hydrogen) atoms. The summed E-state index contributed by atoms with van der Waals surface area (Å²) in [7, 11) is 0. The molecular formula is C29H44ClF3N4O2. The van der Waals surface area contributed by atoms with Gasteiger partial charge in [0.05, 0.1) is 32.2 Å². The lowest BCUT2D eigenvalue weighted by Gasteiger charge is -2.57. The molecule has 2 aliphatic heterocycles. The minimum atomic E-state index is -0.981. The monoisotopic (exact) mass is 572 g/mol. The van der Waals surface area contributed by atoms with Gasteiger partial charge in [-0.1, -0.05) is 30.3 Å². The lowest BCUT2D eigenvalue weighted by atomic mass is 9.53. The largest absolute Gasteiger partial charge is 0.387 e. The first-order chi connectivity index (χ1) is 18.5. The molecule has 0 amide bonds. The zero-order valence-electron chi connectivity index (χ0n) is 23.0. The normalized spacial score (nSPS) is 40.1. The molecular weight excluding hydrogens is 529 g/mol. The topological polar surface area (TPSA) is 91.9 Å². The van der Waals surface area contributed by atoms with Crippen LogP contribution < -0.4 is 16.4 Å². The van der Waals surface area contributed by atoms with Crippen LogP contribution in [0.3, 0.4) is 0 Å². The fourth-order valence-corrected chi connectivity index (χ4v) is 7.49. The molecule has 220 valence electrons. The first-order valence-corrected chi connectivity index (χ1v) is 14.5. The standard InChI is InChI=1S/C23H31ClF3N3O.C6H13NO/c1-14-20(18(27)5-6-28-15(2)24)17(23(30-14)10-21(11-23,12-25)13-26)9-29-22-7-16(8-22)3-4-19(22)31;1-5-2-3-6(7)4-8-5/h3-6,14,16-17,19-20,29-31H,2,7-13H2,1H3;5-6H,2-4,7H2,1H3/b18-5-,28-6-;/t14-,16?,17?,19?,20?,22?;5-,6?/m01/s1. The SMILES string of the molecule is C=C(Cl)/N=C\C=C(/F)C1C(CNC23CC(C=CC2O)C3)C2(CC(CF)(CF)C2)N[C@H]1C.C[C@@H]1CCC(N)CO1. The minimum Gasteiger partial charge on any atom is -0.387 e. The number of nitrogens with zero attached hydrogens (tertiary/aromatic N) is 1. The summed E-state index contributed by atoms with van der Waals surface area (Å²) >= 11 is 5.62. The van der Waals surface area contributed by atoms with Gasteiger partial charge in [0.1, 0.15) is 11.0 Å². The smallest absolute Gasteiger partial charge is 0.121 e. The second-order valence-electron chi connectivity index (χ2n) is 12.6. The molecule has 2 bridgehead atoms. The van der Waals surface area contributed by atoms with Gasteiger partial charge in [0, 0.05) is 53.2 Å². The lowest BCUT2D eigenvalue weighted by molar-refractivity contribution is -0.0607. The van der Waals surface area contributed by atoms with Crippen LogP contribution in [0.5, 0.6) is 0 Å². The number of halogens is 4. The van der Waals surface area contributed by atoms with Crippen LogP contribution in [0.25, 0.3) is 0 Å². The van der Waals surface area contributed by atoms with Gasteiger partial charge in [0.25, 0.3) is 0 Å². The fourth-order valence-electron chi connectivity index (χ4n) is 7.44. The Hall–Kier alpha value is -1.23. The van der Waals surface area contributed by atoms with Crippen LogP contribution in [0, 0.1) is 23.2 Å². The van der Waals surface area contributed by atoms with Crippen LogP contribution in [0.2, 0.25) is 0 Å². The lowest BCUT2D eigenvalue weighted by Crippen LogP contribution is -2.68. The van der Waals surface area contributed by atoms with Gasteiger partial charge >= 0.3 is 0 Å². The van der Waals surface area contributed by atoms with Crippen LogP contribution in [0.1, 0.15) is 52.4 Å². The third kappa shape index (κ3) is 6.49. The van der Waals surface area contributed by atoms with Crippen LogP contribution in [0.15, 0.2) is 40.8 Å². The molecule has 4 unspecified atom stereocenters. The number of allylic oxidation sites excluding steroid dienone is 2. The molecule has 2 heterocycles. The molecule has 4 fully saturated rings. The third-order valence-electron chi connectivity index (χ3n) is 9.51. The number of ether oxygens (including phenoxy) is 1. The third-order valence-corrected chi connectivity index (χ3v) is 9.61. The Balaban J connectivity index is 0.000000379. The van der Waals surface area contributed by atoms with Crippen molar-refractivity contribution < 1.29 is 23.0 Å². The highest BCUT2D eigenvalue weighted by atomic mass is 35.5. The Bertz CT molecular complexity index is 940. The van der Waals surface area contributed by atoms with Crippen LogP contribution in [0.4, 0.5) is 13.2 Å². The van der Waals surface area contributed by atoms with Crippen molar-refractivity contribution in [3.05, 3.63) is 35.8 Å². The minimum absolute atomic E-state index is 0.0592. The van der Waals surface area contributed by atoms with Crippen molar-refractivity contribution in [1.82, 2.24) is 10.6 Å². The molecule has 10 heteroatoms. The highest BCUT2D eigenvalue weighted by Crippen LogP contribution is 2.59. The Morgan fingerprint density at radius 3 is 2.49 bits per heavy atom. The van der Waals surface area contributed by atoms with Crippen molar-refractivity contribution in [2.24, 2.45) is 33.9 Å². The Kier molecular flexibility index (Phi) is 9.71. The molecule has 0 aromatic rings. The molecule has 1 spiro atoms. The van der Waals surface area contributed by atoms with Crippen LogP contribution in [-0.2, 0) is 4.74 Å². The van der Waals surface area contributed by atoms with E-state index in [4.69, 9.17) is 22.1 Å². The molecule has 5 N–H and O–H groups in total. The van der Waals surface area contributed by atoms with Gasteiger partial charge in [-0.05, 0) is 64.4 Å². The Labute approximate surface area is 235 Å². The second-order valence-corrected chi connectivity index (χ2v) is 13.0. The van der Waals surface area contributed by atoms with Crippen molar-refractivity contribution in [3.63, 3.8) is 0 Å². The zero-order valence-corrected chi connectivity index (χ0v) is 23.8. The predicted molar refractivity (Wildman–Crippen MR) is 150 cm³/mol. The number of alkyl halides is 2. The van der Waals surface area contributed by atoms with E-state index in [9.17, 15) is 13.9 Å². The number of aliphatic imine (C=N–C) groups is 1. The molecule has 2 saturated heterocycles. The molecule has 6 nitrogen and oxygen atoms in total. The van der Waals surface area contributed by atoms with E-state index in [0.29, 0.717) is 37.5 Å². The molecule has 6 atom stereocenters. The summed E-state index contributed by atoms with van der Waals surface area (Å²) in [5.74, 6) is -0.587. The second kappa shape index (κ2) is 12.3. The van der Waals surface area contributed by atoms with Crippen molar-refractivity contribution in [2.45, 2.75) is 87.7 Å². The summed E-state index contributed by atoms with van der Waals surface area (Å²) < 4.78 is 47.8. The summed E-state index contributed by atoms with van der Waals surface area (Å²) in [6, 6.07) is 0.0851. The van der Waals surface area contributed by atoms with E-state index in [1.54, 1.807) is 0 Å². The molecule has 6 aliphatic rings. The number of rotatable bonds is 8.